The molecule has 0 aromatic carbocycles. The topological polar surface area (TPSA) is 43.4 Å². The van der Waals surface area contributed by atoms with E-state index in [2.05, 4.69) is 22.6 Å². The summed E-state index contributed by atoms with van der Waals surface area (Å²) in [6.07, 6.45) is 5.36. The molecule has 0 spiro atoms. The van der Waals surface area contributed by atoms with Gasteiger partial charge in [0, 0.05) is 5.92 Å². The maximum atomic E-state index is 11.9. The monoisotopic (exact) mass is 350 g/mol. The minimum atomic E-state index is -0.161. The molecule has 4 heteroatoms. The smallest absolute Gasteiger partial charge is 0.309 e. The normalized spacial score (nSPS) is 30.7. The molecule has 2 rings (SSSR count). The third kappa shape index (κ3) is 3.42. The number of hydrogen-bond donors (Lipinski definition) is 0. The van der Waals surface area contributed by atoms with Crippen LogP contribution in [0.4, 0.5) is 0 Å². The number of hydrogen-bond acceptors (Lipinski definition) is 3. The Balaban J connectivity index is 1.78. The number of ketones is 1. The SMILES string of the molecule is CC1(OC(=O)C2CCC(C(=O)CI)CC2)CC1. The summed E-state index contributed by atoms with van der Waals surface area (Å²) in [7, 11) is 0. The van der Waals surface area contributed by atoms with Gasteiger partial charge in [0.05, 0.1) is 10.3 Å². The molecule has 0 bridgehead atoms. The van der Waals surface area contributed by atoms with Gasteiger partial charge in [0.1, 0.15) is 11.4 Å². The van der Waals surface area contributed by atoms with Gasteiger partial charge in [0.2, 0.25) is 0 Å². The van der Waals surface area contributed by atoms with E-state index in [1.165, 1.54) is 0 Å². The van der Waals surface area contributed by atoms with Gasteiger partial charge in [0.15, 0.2) is 0 Å². The van der Waals surface area contributed by atoms with E-state index in [4.69, 9.17) is 4.74 Å². The predicted octanol–water partition coefficient (Wildman–Crippen LogP) is 2.89. The molecule has 2 fully saturated rings. The standard InChI is InChI=1S/C13H19IO3/c1-13(6-7-13)17-12(16)10-4-2-9(3-5-10)11(15)8-14/h9-10H,2-8H2,1H3. The second kappa shape index (κ2) is 5.24. The van der Waals surface area contributed by atoms with Gasteiger partial charge < -0.3 is 4.74 Å². The average molecular weight is 350 g/mol. The molecule has 0 N–H and O–H groups in total. The first-order chi connectivity index (χ1) is 8.04. The highest BCUT2D eigenvalue weighted by Gasteiger charge is 2.43. The van der Waals surface area contributed by atoms with Crippen LogP contribution in [-0.4, -0.2) is 21.8 Å². The fourth-order valence-corrected chi connectivity index (χ4v) is 2.99. The Kier molecular flexibility index (Phi) is 4.10. The molecule has 0 atom stereocenters. The van der Waals surface area contributed by atoms with Crippen LogP contribution in [0, 0.1) is 11.8 Å². The van der Waals surface area contributed by atoms with Crippen LogP contribution in [0.3, 0.4) is 0 Å². The lowest BCUT2D eigenvalue weighted by atomic mass is 9.80. The summed E-state index contributed by atoms with van der Waals surface area (Å²) in [4.78, 5) is 23.4. The van der Waals surface area contributed by atoms with Crippen LogP contribution in [0.1, 0.15) is 45.4 Å². The third-order valence-corrected chi connectivity index (χ3v) is 4.70. The minimum Gasteiger partial charge on any atom is -0.459 e. The van der Waals surface area contributed by atoms with Gasteiger partial charge in [-0.2, -0.15) is 0 Å². The van der Waals surface area contributed by atoms with Gasteiger partial charge in [-0.05, 0) is 45.4 Å². The first-order valence-electron chi connectivity index (χ1n) is 6.35. The molecule has 0 saturated heterocycles. The highest BCUT2D eigenvalue weighted by molar-refractivity contribution is 14.1. The molecule has 2 aliphatic carbocycles. The van der Waals surface area contributed by atoms with Gasteiger partial charge in [-0.25, -0.2) is 0 Å². The molecule has 17 heavy (non-hydrogen) atoms. The maximum Gasteiger partial charge on any atom is 0.309 e. The van der Waals surface area contributed by atoms with Gasteiger partial charge in [-0.15, -0.1) is 0 Å². The van der Waals surface area contributed by atoms with Crippen molar-refractivity contribution in [1.29, 1.82) is 0 Å². The van der Waals surface area contributed by atoms with E-state index < -0.39 is 0 Å². The van der Waals surface area contributed by atoms with Crippen molar-refractivity contribution < 1.29 is 14.3 Å². The molecular weight excluding hydrogens is 331 g/mol. The molecule has 0 amide bonds. The predicted molar refractivity (Wildman–Crippen MR) is 73.1 cm³/mol. The lowest BCUT2D eigenvalue weighted by Gasteiger charge is -2.27. The summed E-state index contributed by atoms with van der Waals surface area (Å²) in [5, 5.41) is 0. The highest BCUT2D eigenvalue weighted by atomic mass is 127. The van der Waals surface area contributed by atoms with E-state index in [0.29, 0.717) is 10.2 Å². The Bertz CT molecular complexity index is 315. The van der Waals surface area contributed by atoms with Crippen LogP contribution in [0.15, 0.2) is 0 Å². The fourth-order valence-electron chi connectivity index (χ4n) is 2.36. The van der Waals surface area contributed by atoms with Crippen molar-refractivity contribution in [2.75, 3.05) is 4.43 Å². The van der Waals surface area contributed by atoms with Crippen LogP contribution in [0.25, 0.3) is 0 Å². The number of carbonyl (C=O) groups excluding carboxylic acids is 2. The van der Waals surface area contributed by atoms with Gasteiger partial charge in [-0.3, -0.25) is 9.59 Å². The molecule has 0 aromatic rings. The summed E-state index contributed by atoms with van der Waals surface area (Å²) < 4.78 is 6.08. The number of carbonyl (C=O) groups is 2. The van der Waals surface area contributed by atoms with Gasteiger partial charge >= 0.3 is 5.97 Å². The van der Waals surface area contributed by atoms with E-state index in [1.807, 2.05) is 6.92 Å². The Hall–Kier alpha value is -0.130. The number of Topliss-reactive ketones (excluding diaryl/α,β-unsaturated/α-hetero) is 1. The van der Waals surface area contributed by atoms with Gasteiger partial charge in [-0.1, -0.05) is 22.6 Å². The summed E-state index contributed by atoms with van der Waals surface area (Å²) in [5.41, 5.74) is -0.161. The molecule has 2 saturated carbocycles. The van der Waals surface area contributed by atoms with Gasteiger partial charge in [0.25, 0.3) is 0 Å². The second-order valence-electron chi connectivity index (χ2n) is 5.52. The molecule has 0 aliphatic heterocycles. The third-order valence-electron chi connectivity index (χ3n) is 3.95. The number of ether oxygens (including phenoxy) is 1. The van der Waals surface area contributed by atoms with Crippen molar-refractivity contribution in [3.05, 3.63) is 0 Å². The molecule has 2 aliphatic rings. The van der Waals surface area contributed by atoms with Crippen molar-refractivity contribution in [3.63, 3.8) is 0 Å². The second-order valence-corrected chi connectivity index (χ2v) is 6.28. The van der Waals surface area contributed by atoms with E-state index in [0.717, 1.165) is 38.5 Å². The summed E-state index contributed by atoms with van der Waals surface area (Å²) in [5.74, 6) is 0.523. The Morgan fingerprint density at radius 2 is 1.71 bits per heavy atom. The maximum absolute atomic E-state index is 11.9. The van der Waals surface area contributed by atoms with Crippen molar-refractivity contribution in [2.45, 2.75) is 51.0 Å². The summed E-state index contributed by atoms with van der Waals surface area (Å²) >= 11 is 2.12. The Morgan fingerprint density at radius 3 is 2.18 bits per heavy atom. The van der Waals surface area contributed by atoms with Crippen LogP contribution in [0.5, 0.6) is 0 Å². The zero-order valence-corrected chi connectivity index (χ0v) is 12.4. The minimum absolute atomic E-state index is 0.0330. The number of alkyl halides is 1. The first kappa shape index (κ1) is 13.3. The molecule has 3 nitrogen and oxygen atoms in total. The lowest BCUT2D eigenvalue weighted by Crippen LogP contribution is -2.29. The Morgan fingerprint density at radius 1 is 1.18 bits per heavy atom. The number of halogens is 1. The highest BCUT2D eigenvalue weighted by Crippen LogP contribution is 2.40. The van der Waals surface area contributed by atoms with Crippen LogP contribution in [0.2, 0.25) is 0 Å². The summed E-state index contributed by atoms with van der Waals surface area (Å²) in [6, 6.07) is 0. The zero-order valence-electron chi connectivity index (χ0n) is 10.2. The van der Waals surface area contributed by atoms with Crippen molar-refractivity contribution >= 4 is 34.3 Å². The van der Waals surface area contributed by atoms with Crippen molar-refractivity contribution in [1.82, 2.24) is 0 Å². The molecule has 0 radical (unpaired) electrons. The van der Waals surface area contributed by atoms with Crippen molar-refractivity contribution in [2.24, 2.45) is 11.8 Å². The molecule has 0 heterocycles. The van der Waals surface area contributed by atoms with Crippen LogP contribution < -0.4 is 0 Å². The number of esters is 1. The quantitative estimate of drug-likeness (QED) is 0.445. The van der Waals surface area contributed by atoms with E-state index in [9.17, 15) is 9.59 Å². The molecule has 0 aromatic heterocycles. The molecular formula is C13H19IO3. The van der Waals surface area contributed by atoms with E-state index in [-0.39, 0.29) is 23.4 Å². The number of rotatable bonds is 4. The molecule has 96 valence electrons. The van der Waals surface area contributed by atoms with E-state index in [1.54, 1.807) is 0 Å². The zero-order chi connectivity index (χ0) is 12.5. The largest absolute Gasteiger partial charge is 0.459 e. The van der Waals surface area contributed by atoms with Crippen molar-refractivity contribution in [3.8, 4) is 0 Å². The molecule has 0 unspecified atom stereocenters. The summed E-state index contributed by atoms with van der Waals surface area (Å²) in [6.45, 7) is 2.00. The Labute approximate surface area is 116 Å². The van der Waals surface area contributed by atoms with Crippen LogP contribution in [-0.2, 0) is 14.3 Å². The fraction of sp³-hybridized carbons (Fsp3) is 0.846. The van der Waals surface area contributed by atoms with Crippen LogP contribution >= 0.6 is 22.6 Å². The first-order valence-corrected chi connectivity index (χ1v) is 7.88. The van der Waals surface area contributed by atoms with E-state index >= 15 is 0 Å². The lowest BCUT2D eigenvalue weighted by molar-refractivity contribution is -0.157. The average Bonchev–Trinajstić information content (AvgIpc) is 3.06.